The predicted molar refractivity (Wildman–Crippen MR) is 134 cm³/mol. The fourth-order valence-corrected chi connectivity index (χ4v) is 5.64. The molecular weight excluding hydrogens is 498 g/mol. The molecule has 1 aromatic carbocycles. The number of fused-ring (bicyclic) bond motifs is 2. The molecule has 0 radical (unpaired) electrons. The van der Waals surface area contributed by atoms with Crippen molar-refractivity contribution < 1.29 is 28.6 Å². The summed E-state index contributed by atoms with van der Waals surface area (Å²) in [7, 11) is 0. The van der Waals surface area contributed by atoms with Gasteiger partial charge >= 0.3 is 0 Å². The highest BCUT2D eigenvalue weighted by Crippen LogP contribution is 2.40. The summed E-state index contributed by atoms with van der Waals surface area (Å²) in [6, 6.07) is 7.66. The van der Waals surface area contributed by atoms with E-state index in [9.17, 15) is 14.7 Å². The molecule has 1 aliphatic carbocycles. The molecule has 3 atom stereocenters. The highest BCUT2D eigenvalue weighted by molar-refractivity contribution is 7.16. The van der Waals surface area contributed by atoms with Gasteiger partial charge in [0.2, 0.25) is 5.79 Å². The molecule has 1 saturated carbocycles. The summed E-state index contributed by atoms with van der Waals surface area (Å²) in [5.41, 5.74) is 11.7. The maximum Gasteiger partial charge on any atom is 0.295 e. The average molecular weight is 520 g/mol. The van der Waals surface area contributed by atoms with Gasteiger partial charge in [-0.1, -0.05) is 6.07 Å². The molecule has 4 heterocycles. The Morgan fingerprint density at radius 2 is 2.11 bits per heavy atom. The number of carbonyl (C=O) groups is 2. The summed E-state index contributed by atoms with van der Waals surface area (Å²) < 4.78 is 18.8. The Kier molecular flexibility index (Phi) is 5.61. The number of rotatable bonds is 7. The van der Waals surface area contributed by atoms with Crippen molar-refractivity contribution >= 4 is 51.3 Å². The van der Waals surface area contributed by atoms with E-state index in [-0.39, 0.29) is 37.6 Å². The number of thiazole rings is 1. The number of benzene rings is 1. The molecule has 3 unspecified atom stereocenters. The van der Waals surface area contributed by atoms with Crippen LogP contribution in [-0.4, -0.2) is 49.7 Å². The van der Waals surface area contributed by atoms with Crippen molar-refractivity contribution in [3.63, 3.8) is 0 Å². The largest absolute Gasteiger partial charge is 0.457 e. The summed E-state index contributed by atoms with van der Waals surface area (Å²) in [5, 5.41) is 15.9. The number of para-hydroxylation sites is 1. The molecule has 188 valence electrons. The normalized spacial score (nSPS) is 21.8. The minimum Gasteiger partial charge on any atom is -0.457 e. The first-order valence-corrected chi connectivity index (χ1v) is 12.4. The van der Waals surface area contributed by atoms with Crippen LogP contribution in [0, 0.1) is 0 Å². The molecule has 37 heavy (non-hydrogen) atoms. The van der Waals surface area contributed by atoms with E-state index >= 15 is 0 Å². The summed E-state index contributed by atoms with van der Waals surface area (Å²) >= 11 is 1.56. The van der Waals surface area contributed by atoms with E-state index in [1.54, 1.807) is 33.9 Å². The number of nitrogens with two attached hydrogens (primary N) is 1. The molecule has 1 fully saturated rings. The van der Waals surface area contributed by atoms with Gasteiger partial charge < -0.3 is 24.7 Å². The van der Waals surface area contributed by atoms with E-state index < -0.39 is 11.9 Å². The van der Waals surface area contributed by atoms with Gasteiger partial charge in [0.1, 0.15) is 5.76 Å². The summed E-state index contributed by atoms with van der Waals surface area (Å²) in [6.07, 6.45) is 4.98. The molecule has 0 saturated heterocycles. The molecule has 11 nitrogen and oxygen atoms in total. The van der Waals surface area contributed by atoms with Crippen LogP contribution in [0.5, 0.6) is 0 Å². The molecule has 4 aromatic heterocycles. The lowest BCUT2D eigenvalue weighted by Crippen LogP contribution is -2.50. The Bertz CT molecular complexity index is 1630. The minimum atomic E-state index is -1.87. The van der Waals surface area contributed by atoms with Crippen molar-refractivity contribution in [3.05, 3.63) is 48.4 Å². The van der Waals surface area contributed by atoms with E-state index in [0.717, 1.165) is 32.3 Å². The fourth-order valence-electron chi connectivity index (χ4n) is 4.94. The number of aliphatic hydroxyl groups is 1. The van der Waals surface area contributed by atoms with Crippen molar-refractivity contribution in [2.75, 3.05) is 5.73 Å². The van der Waals surface area contributed by atoms with Gasteiger partial charge in [-0.25, -0.2) is 9.97 Å². The van der Waals surface area contributed by atoms with Gasteiger partial charge in [0, 0.05) is 47.3 Å². The van der Waals surface area contributed by atoms with Gasteiger partial charge in [-0.15, -0.1) is 11.3 Å². The Labute approximate surface area is 213 Å². The van der Waals surface area contributed by atoms with Crippen LogP contribution in [0.15, 0.2) is 52.8 Å². The minimum absolute atomic E-state index is 0.0883. The van der Waals surface area contributed by atoms with Crippen molar-refractivity contribution in [3.8, 4) is 22.5 Å². The fraction of sp³-hybridized carbons (Fsp3) is 0.240. The molecule has 0 bridgehead atoms. The Morgan fingerprint density at radius 1 is 1.22 bits per heavy atom. The van der Waals surface area contributed by atoms with Crippen LogP contribution >= 0.6 is 11.3 Å². The third kappa shape index (κ3) is 3.90. The SMILES string of the molecule is Nc1ncc(-c2cnn(C3CCC(O)(OC=O)C(OC=O)C3)c2)c2cc(-c3cccc4scnc34)oc12. The topological polar surface area (TPSA) is 156 Å². The maximum atomic E-state index is 11.0. The van der Waals surface area contributed by atoms with Crippen molar-refractivity contribution in [2.45, 2.75) is 37.2 Å². The van der Waals surface area contributed by atoms with Crippen molar-refractivity contribution in [1.29, 1.82) is 0 Å². The Morgan fingerprint density at radius 3 is 2.95 bits per heavy atom. The number of hydrogen-bond donors (Lipinski definition) is 2. The standard InChI is InChI=1S/C25H21N5O6S/c26-24-23-17(7-19(36-23)16-2-1-3-20-22(16)28-11-37-20)18(9-27-24)14-8-29-30(10-14)15-4-5-25(33,35-13-32)21(6-15)34-12-31/h1-3,7-13,15,21,33H,4-6H2,(H2,26,27). The summed E-state index contributed by atoms with van der Waals surface area (Å²) in [4.78, 5) is 30.6. The van der Waals surface area contributed by atoms with Crippen LogP contribution in [-0.2, 0) is 19.1 Å². The lowest BCUT2D eigenvalue weighted by molar-refractivity contribution is -0.258. The van der Waals surface area contributed by atoms with Crippen LogP contribution in [0.4, 0.5) is 5.82 Å². The highest BCUT2D eigenvalue weighted by Gasteiger charge is 2.46. The molecule has 1 aliphatic rings. The lowest BCUT2D eigenvalue weighted by atomic mass is 9.87. The van der Waals surface area contributed by atoms with Crippen LogP contribution in [0.3, 0.4) is 0 Å². The quantitative estimate of drug-likeness (QED) is 0.240. The van der Waals surface area contributed by atoms with Gasteiger partial charge in [-0.2, -0.15) is 5.10 Å². The van der Waals surface area contributed by atoms with E-state index in [1.807, 2.05) is 30.5 Å². The van der Waals surface area contributed by atoms with Gasteiger partial charge in [-0.3, -0.25) is 14.3 Å². The Balaban J connectivity index is 1.35. The first-order valence-electron chi connectivity index (χ1n) is 11.5. The number of carbonyl (C=O) groups excluding carboxylic acids is 2. The number of nitrogen functional groups attached to an aromatic ring is 1. The zero-order valence-electron chi connectivity index (χ0n) is 19.3. The van der Waals surface area contributed by atoms with E-state index in [1.165, 1.54) is 0 Å². The van der Waals surface area contributed by atoms with Gasteiger partial charge in [0.15, 0.2) is 17.5 Å². The number of pyridine rings is 1. The lowest BCUT2D eigenvalue weighted by Gasteiger charge is -2.39. The van der Waals surface area contributed by atoms with Crippen molar-refractivity contribution in [1.82, 2.24) is 19.7 Å². The zero-order valence-corrected chi connectivity index (χ0v) is 20.1. The second kappa shape index (κ2) is 8.98. The van der Waals surface area contributed by atoms with Crippen LogP contribution in [0.1, 0.15) is 25.3 Å². The summed E-state index contributed by atoms with van der Waals surface area (Å²) in [5.74, 6) is -0.955. The number of furan rings is 1. The second-order valence-electron chi connectivity index (χ2n) is 8.83. The second-order valence-corrected chi connectivity index (χ2v) is 9.72. The van der Waals surface area contributed by atoms with Crippen LogP contribution < -0.4 is 5.73 Å². The van der Waals surface area contributed by atoms with Gasteiger partial charge in [0.05, 0.1) is 28.0 Å². The number of anilines is 1. The first-order chi connectivity index (χ1) is 18.0. The molecule has 0 spiro atoms. The molecule has 0 aliphatic heterocycles. The van der Waals surface area contributed by atoms with Gasteiger partial charge in [-0.05, 0) is 24.6 Å². The third-order valence-corrected chi connectivity index (χ3v) is 7.59. The number of hydrogen-bond acceptors (Lipinski definition) is 11. The Hall–Kier alpha value is -4.29. The molecule has 6 rings (SSSR count). The zero-order chi connectivity index (χ0) is 25.6. The smallest absolute Gasteiger partial charge is 0.295 e. The average Bonchev–Trinajstić information content (AvgIpc) is 3.65. The van der Waals surface area contributed by atoms with Crippen molar-refractivity contribution in [2.24, 2.45) is 0 Å². The number of ether oxygens (including phenoxy) is 2. The first kappa shape index (κ1) is 23.1. The van der Waals surface area contributed by atoms with Crippen LogP contribution in [0.25, 0.3) is 43.6 Å². The monoisotopic (exact) mass is 519 g/mol. The third-order valence-electron chi connectivity index (χ3n) is 6.80. The summed E-state index contributed by atoms with van der Waals surface area (Å²) in [6.45, 7) is 0.390. The molecule has 12 heteroatoms. The maximum absolute atomic E-state index is 11.0. The predicted octanol–water partition coefficient (Wildman–Crippen LogP) is 3.68. The van der Waals surface area contributed by atoms with E-state index in [2.05, 4.69) is 15.1 Å². The molecule has 0 amide bonds. The van der Waals surface area contributed by atoms with E-state index in [4.69, 9.17) is 19.6 Å². The number of aromatic nitrogens is 4. The molecule has 3 N–H and O–H groups in total. The molecular formula is C25H21N5O6S. The van der Waals surface area contributed by atoms with Gasteiger partial charge in [0.25, 0.3) is 12.9 Å². The molecule has 5 aromatic rings. The van der Waals surface area contributed by atoms with Crippen LogP contribution in [0.2, 0.25) is 0 Å². The highest BCUT2D eigenvalue weighted by atomic mass is 32.1. The van der Waals surface area contributed by atoms with E-state index in [0.29, 0.717) is 17.8 Å². The number of nitrogens with zero attached hydrogens (tertiary/aromatic N) is 4.